The van der Waals surface area contributed by atoms with Gasteiger partial charge in [0.2, 0.25) is 0 Å². The van der Waals surface area contributed by atoms with E-state index < -0.39 is 0 Å². The smallest absolute Gasteiger partial charge is 0.159 e. The monoisotopic (exact) mass is 230 g/mol. The Bertz CT molecular complexity index is 543. The van der Waals surface area contributed by atoms with Crippen LogP contribution in [0.2, 0.25) is 0 Å². The van der Waals surface area contributed by atoms with E-state index in [1.54, 1.807) is 10.7 Å². The highest BCUT2D eigenvalue weighted by molar-refractivity contribution is 5.41. The van der Waals surface area contributed by atoms with E-state index in [0.717, 1.165) is 30.2 Å². The predicted octanol–water partition coefficient (Wildman–Crippen LogP) is 1.13. The molecule has 0 aliphatic heterocycles. The Kier molecular flexibility index (Phi) is 2.29. The third-order valence-corrected chi connectivity index (χ3v) is 2.78. The highest BCUT2D eigenvalue weighted by Crippen LogP contribution is 2.38. The Labute approximate surface area is 98.8 Å². The number of nitrogens with two attached hydrogens (primary N) is 1. The number of nitrogen functional groups attached to an aromatic ring is 1. The van der Waals surface area contributed by atoms with Gasteiger partial charge in [0.05, 0.1) is 5.69 Å². The van der Waals surface area contributed by atoms with Crippen LogP contribution in [0.3, 0.4) is 0 Å². The fraction of sp³-hybridized carbons (Fsp3) is 0.364. The zero-order valence-electron chi connectivity index (χ0n) is 9.59. The van der Waals surface area contributed by atoms with Crippen molar-refractivity contribution < 1.29 is 0 Å². The zero-order chi connectivity index (χ0) is 11.8. The van der Waals surface area contributed by atoms with Gasteiger partial charge in [0.15, 0.2) is 5.82 Å². The third kappa shape index (κ3) is 1.99. The van der Waals surface area contributed by atoms with Crippen LogP contribution in [0.15, 0.2) is 18.3 Å². The quantitative estimate of drug-likeness (QED) is 0.610. The molecule has 1 saturated carbocycles. The van der Waals surface area contributed by atoms with Gasteiger partial charge in [-0.15, -0.1) is 0 Å². The molecule has 6 nitrogen and oxygen atoms in total. The van der Waals surface area contributed by atoms with Crippen molar-refractivity contribution in [1.29, 1.82) is 0 Å². The summed E-state index contributed by atoms with van der Waals surface area (Å²) in [6, 6.07) is 3.73. The van der Waals surface area contributed by atoms with Crippen molar-refractivity contribution in [2.75, 3.05) is 5.43 Å². The largest absolute Gasteiger partial charge is 0.308 e. The molecule has 0 spiro atoms. The summed E-state index contributed by atoms with van der Waals surface area (Å²) in [5.41, 5.74) is 3.53. The van der Waals surface area contributed by atoms with Gasteiger partial charge in [-0.25, -0.2) is 20.5 Å². The molecule has 1 fully saturated rings. The maximum Gasteiger partial charge on any atom is 0.159 e. The number of hydrogen-bond acceptors (Lipinski definition) is 5. The van der Waals surface area contributed by atoms with Crippen molar-refractivity contribution in [3.8, 4) is 5.82 Å². The van der Waals surface area contributed by atoms with Crippen LogP contribution in [0.5, 0.6) is 0 Å². The minimum absolute atomic E-state index is 0.485. The van der Waals surface area contributed by atoms with E-state index in [1.807, 2.05) is 19.2 Å². The highest BCUT2D eigenvalue weighted by Gasteiger charge is 2.27. The Morgan fingerprint density at radius 3 is 2.82 bits per heavy atom. The second-order valence-corrected chi connectivity index (χ2v) is 4.29. The first-order valence-electron chi connectivity index (χ1n) is 5.64. The van der Waals surface area contributed by atoms with Crippen molar-refractivity contribution in [2.24, 2.45) is 5.84 Å². The summed E-state index contributed by atoms with van der Waals surface area (Å²) in [6.07, 6.45) is 4.20. The van der Waals surface area contributed by atoms with Gasteiger partial charge in [0.25, 0.3) is 0 Å². The zero-order valence-corrected chi connectivity index (χ0v) is 9.59. The van der Waals surface area contributed by atoms with Gasteiger partial charge in [-0.2, -0.15) is 5.10 Å². The minimum Gasteiger partial charge on any atom is -0.308 e. The van der Waals surface area contributed by atoms with Crippen LogP contribution in [0.4, 0.5) is 5.82 Å². The molecule has 0 saturated heterocycles. The minimum atomic E-state index is 0.485. The molecule has 0 bridgehead atoms. The molecule has 2 aromatic heterocycles. The number of aryl methyl sites for hydroxylation is 1. The second kappa shape index (κ2) is 3.81. The topological polar surface area (TPSA) is 81.7 Å². The summed E-state index contributed by atoms with van der Waals surface area (Å²) in [5, 5.41) is 4.33. The molecule has 3 N–H and O–H groups in total. The molecule has 2 heterocycles. The van der Waals surface area contributed by atoms with Crippen molar-refractivity contribution in [3.05, 3.63) is 29.8 Å². The Balaban J connectivity index is 2.05. The van der Waals surface area contributed by atoms with Gasteiger partial charge >= 0.3 is 0 Å². The number of hydrogen-bond donors (Lipinski definition) is 2. The standard InChI is InChI=1S/C11H14N6/c1-7-4-5-17(16-7)10-6-9(15-12)13-11(14-10)8-2-3-8/h4-6,8H,2-3,12H2,1H3,(H,13,14,15). The maximum absolute atomic E-state index is 5.42. The molecule has 1 aliphatic rings. The van der Waals surface area contributed by atoms with Crippen LogP contribution in [-0.2, 0) is 0 Å². The summed E-state index contributed by atoms with van der Waals surface area (Å²) in [7, 11) is 0. The summed E-state index contributed by atoms with van der Waals surface area (Å²) in [5.74, 6) is 8.14. The number of rotatable bonds is 3. The summed E-state index contributed by atoms with van der Waals surface area (Å²) < 4.78 is 1.74. The SMILES string of the molecule is Cc1ccn(-c2cc(NN)nc(C3CC3)n2)n1. The van der Waals surface area contributed by atoms with E-state index in [2.05, 4.69) is 20.5 Å². The van der Waals surface area contributed by atoms with E-state index in [1.165, 1.54) is 0 Å². The van der Waals surface area contributed by atoms with Crippen molar-refractivity contribution in [1.82, 2.24) is 19.7 Å². The number of aromatic nitrogens is 4. The molecule has 6 heteroatoms. The highest BCUT2D eigenvalue weighted by atomic mass is 15.3. The molecule has 0 radical (unpaired) electrons. The lowest BCUT2D eigenvalue weighted by Crippen LogP contribution is -2.12. The van der Waals surface area contributed by atoms with E-state index in [-0.39, 0.29) is 0 Å². The molecule has 2 aromatic rings. The van der Waals surface area contributed by atoms with Crippen LogP contribution in [0.1, 0.15) is 30.3 Å². The summed E-state index contributed by atoms with van der Waals surface area (Å²) >= 11 is 0. The number of anilines is 1. The fourth-order valence-corrected chi connectivity index (χ4v) is 1.71. The first-order valence-corrected chi connectivity index (χ1v) is 5.64. The fourth-order valence-electron chi connectivity index (χ4n) is 1.71. The van der Waals surface area contributed by atoms with Crippen molar-refractivity contribution in [2.45, 2.75) is 25.7 Å². The lowest BCUT2D eigenvalue weighted by atomic mass is 10.4. The molecule has 1 aliphatic carbocycles. The van der Waals surface area contributed by atoms with Crippen LogP contribution in [-0.4, -0.2) is 19.7 Å². The van der Waals surface area contributed by atoms with Crippen LogP contribution < -0.4 is 11.3 Å². The molecular formula is C11H14N6. The third-order valence-electron chi connectivity index (χ3n) is 2.78. The molecular weight excluding hydrogens is 216 g/mol. The molecule has 88 valence electrons. The van der Waals surface area contributed by atoms with E-state index in [9.17, 15) is 0 Å². The Hall–Kier alpha value is -1.95. The van der Waals surface area contributed by atoms with E-state index in [0.29, 0.717) is 11.7 Å². The number of nitrogens with zero attached hydrogens (tertiary/aromatic N) is 4. The molecule has 0 atom stereocenters. The number of nitrogens with one attached hydrogen (secondary N) is 1. The predicted molar refractivity (Wildman–Crippen MR) is 63.7 cm³/mol. The molecule has 0 unspecified atom stereocenters. The van der Waals surface area contributed by atoms with Crippen molar-refractivity contribution >= 4 is 5.82 Å². The first-order chi connectivity index (χ1) is 8.26. The van der Waals surface area contributed by atoms with E-state index >= 15 is 0 Å². The van der Waals surface area contributed by atoms with Gasteiger partial charge in [0.1, 0.15) is 11.6 Å². The maximum atomic E-state index is 5.42. The van der Waals surface area contributed by atoms with Crippen LogP contribution >= 0.6 is 0 Å². The first kappa shape index (κ1) is 10.2. The van der Waals surface area contributed by atoms with Gasteiger partial charge < -0.3 is 5.43 Å². The second-order valence-electron chi connectivity index (χ2n) is 4.29. The summed E-state index contributed by atoms with van der Waals surface area (Å²) in [4.78, 5) is 8.88. The molecule has 3 rings (SSSR count). The van der Waals surface area contributed by atoms with Gasteiger partial charge in [-0.05, 0) is 25.8 Å². The van der Waals surface area contributed by atoms with Crippen LogP contribution in [0, 0.1) is 6.92 Å². The number of hydrazine groups is 1. The van der Waals surface area contributed by atoms with Gasteiger partial charge in [-0.1, -0.05) is 0 Å². The van der Waals surface area contributed by atoms with Crippen LogP contribution in [0.25, 0.3) is 5.82 Å². The Morgan fingerprint density at radius 1 is 1.41 bits per heavy atom. The molecule has 0 aromatic carbocycles. The average molecular weight is 230 g/mol. The summed E-state index contributed by atoms with van der Waals surface area (Å²) in [6.45, 7) is 1.95. The lowest BCUT2D eigenvalue weighted by Gasteiger charge is -2.06. The Morgan fingerprint density at radius 2 is 2.24 bits per heavy atom. The van der Waals surface area contributed by atoms with E-state index in [4.69, 9.17) is 5.84 Å². The molecule has 17 heavy (non-hydrogen) atoms. The van der Waals surface area contributed by atoms with Gasteiger partial charge in [-0.3, -0.25) is 0 Å². The average Bonchev–Trinajstić information content (AvgIpc) is 3.11. The molecule has 0 amide bonds. The normalized spacial score (nSPS) is 14.9. The lowest BCUT2D eigenvalue weighted by molar-refractivity contribution is 0.801. The van der Waals surface area contributed by atoms with Crippen molar-refractivity contribution in [3.63, 3.8) is 0 Å². The van der Waals surface area contributed by atoms with Gasteiger partial charge in [0, 0.05) is 18.2 Å².